The molecule has 2 aliphatic rings. The zero-order chi connectivity index (χ0) is 18.7. The third-order valence-electron chi connectivity index (χ3n) is 4.43. The van der Waals surface area contributed by atoms with Gasteiger partial charge in [-0.15, -0.1) is 6.58 Å². The molecule has 0 aromatic heterocycles. The number of nitrogens with zero attached hydrogens (tertiary/aromatic N) is 2. The van der Waals surface area contributed by atoms with Gasteiger partial charge in [0.15, 0.2) is 5.11 Å². The zero-order valence-electron chi connectivity index (χ0n) is 14.7. The lowest BCUT2D eigenvalue weighted by molar-refractivity contribution is -0.128. The highest BCUT2D eigenvalue weighted by atomic mass is 32.1. The molecule has 2 saturated heterocycles. The van der Waals surface area contributed by atoms with E-state index in [0.29, 0.717) is 0 Å². The molecule has 7 heteroatoms. The van der Waals surface area contributed by atoms with Gasteiger partial charge in [0.2, 0.25) is 0 Å². The van der Waals surface area contributed by atoms with E-state index in [-0.39, 0.29) is 17.2 Å². The minimum absolute atomic E-state index is 0.0719. The van der Waals surface area contributed by atoms with Crippen LogP contribution >= 0.6 is 12.2 Å². The number of nitrogens with one attached hydrogen (secondary N) is 1. The lowest BCUT2D eigenvalue weighted by Gasteiger charge is -2.29. The van der Waals surface area contributed by atoms with Gasteiger partial charge in [-0.2, -0.15) is 0 Å². The molecule has 0 saturated carbocycles. The number of thiocarbonyl (C=S) groups is 1. The summed E-state index contributed by atoms with van der Waals surface area (Å²) in [5, 5.41) is 2.66. The third kappa shape index (κ3) is 3.68. The molecule has 26 heavy (non-hydrogen) atoms. The fraction of sp³-hybridized carbons (Fsp3) is 0.316. The maximum atomic E-state index is 12.6. The van der Waals surface area contributed by atoms with Crippen LogP contribution in [0.2, 0.25) is 0 Å². The summed E-state index contributed by atoms with van der Waals surface area (Å²) in [4.78, 5) is 28.4. The standard InChI is InChI=1S/C19H21N3O3S/c1-3-6-22-18(24)16(17(23)20-19(22)26)12-14-4-5-15(11-13(14)2)21-7-9-25-10-8-21/h3-5,11-12H,1,6-10H2,2H3,(H,20,23,26)/b16-12-. The number of morpholine rings is 1. The smallest absolute Gasteiger partial charge is 0.265 e. The Morgan fingerprint density at radius 2 is 2.04 bits per heavy atom. The summed E-state index contributed by atoms with van der Waals surface area (Å²) in [6.45, 7) is 8.99. The second kappa shape index (κ2) is 7.80. The highest BCUT2D eigenvalue weighted by Gasteiger charge is 2.32. The predicted molar refractivity (Wildman–Crippen MR) is 105 cm³/mol. The predicted octanol–water partition coefficient (Wildman–Crippen LogP) is 1.64. The number of ether oxygens (including phenoxy) is 1. The van der Waals surface area contributed by atoms with Crippen LogP contribution in [0, 0.1) is 6.92 Å². The first-order valence-electron chi connectivity index (χ1n) is 8.44. The number of amides is 2. The van der Waals surface area contributed by atoms with Crippen molar-refractivity contribution in [3.63, 3.8) is 0 Å². The molecular weight excluding hydrogens is 350 g/mol. The summed E-state index contributed by atoms with van der Waals surface area (Å²) in [6.07, 6.45) is 3.19. The number of anilines is 1. The van der Waals surface area contributed by atoms with E-state index in [1.165, 1.54) is 4.90 Å². The maximum absolute atomic E-state index is 12.6. The molecule has 1 N–H and O–H groups in total. The van der Waals surface area contributed by atoms with Gasteiger partial charge < -0.3 is 9.64 Å². The molecule has 2 amide bonds. The first-order valence-corrected chi connectivity index (χ1v) is 8.85. The van der Waals surface area contributed by atoms with Gasteiger partial charge in [0, 0.05) is 25.3 Å². The Labute approximate surface area is 158 Å². The SMILES string of the molecule is C=CCN1C(=O)/C(=C\c2ccc(N3CCOCC3)cc2C)C(=O)NC1=S. The van der Waals surface area contributed by atoms with Crippen molar-refractivity contribution in [1.29, 1.82) is 0 Å². The van der Waals surface area contributed by atoms with E-state index in [1.807, 2.05) is 19.1 Å². The zero-order valence-corrected chi connectivity index (χ0v) is 15.5. The molecule has 0 spiro atoms. The summed E-state index contributed by atoms with van der Waals surface area (Å²) in [7, 11) is 0. The first kappa shape index (κ1) is 18.3. The number of hydrogen-bond acceptors (Lipinski definition) is 5. The fourth-order valence-corrected chi connectivity index (χ4v) is 3.23. The van der Waals surface area contributed by atoms with E-state index in [2.05, 4.69) is 22.9 Å². The van der Waals surface area contributed by atoms with E-state index in [4.69, 9.17) is 17.0 Å². The lowest BCUT2D eigenvalue weighted by Crippen LogP contribution is -2.53. The van der Waals surface area contributed by atoms with E-state index >= 15 is 0 Å². The molecule has 1 aromatic rings. The summed E-state index contributed by atoms with van der Waals surface area (Å²) in [6, 6.07) is 6.00. The van der Waals surface area contributed by atoms with Crippen LogP contribution in [0.25, 0.3) is 6.08 Å². The Kier molecular flexibility index (Phi) is 5.49. The van der Waals surface area contributed by atoms with Crippen LogP contribution in [0.4, 0.5) is 5.69 Å². The monoisotopic (exact) mass is 371 g/mol. The number of carbonyl (C=O) groups excluding carboxylic acids is 2. The van der Waals surface area contributed by atoms with Gasteiger partial charge in [0.1, 0.15) is 5.57 Å². The van der Waals surface area contributed by atoms with Gasteiger partial charge in [0.05, 0.1) is 13.2 Å². The molecule has 6 nitrogen and oxygen atoms in total. The van der Waals surface area contributed by atoms with Gasteiger partial charge in [-0.3, -0.25) is 19.8 Å². The van der Waals surface area contributed by atoms with Crippen molar-refractivity contribution in [3.8, 4) is 0 Å². The average molecular weight is 371 g/mol. The third-order valence-corrected chi connectivity index (χ3v) is 4.75. The molecule has 2 fully saturated rings. The van der Waals surface area contributed by atoms with Crippen LogP contribution < -0.4 is 10.2 Å². The molecule has 0 radical (unpaired) electrons. The van der Waals surface area contributed by atoms with Gasteiger partial charge in [-0.1, -0.05) is 12.1 Å². The summed E-state index contributed by atoms with van der Waals surface area (Å²) >= 11 is 5.06. The molecular formula is C19H21N3O3S. The largest absolute Gasteiger partial charge is 0.378 e. The molecule has 2 aliphatic heterocycles. The second-order valence-corrected chi connectivity index (χ2v) is 6.55. The van der Waals surface area contributed by atoms with Crippen molar-refractivity contribution >= 4 is 40.9 Å². The fourth-order valence-electron chi connectivity index (χ4n) is 2.98. The molecule has 0 atom stereocenters. The average Bonchev–Trinajstić information content (AvgIpc) is 2.64. The maximum Gasteiger partial charge on any atom is 0.265 e. The van der Waals surface area contributed by atoms with Crippen molar-refractivity contribution in [3.05, 3.63) is 47.6 Å². The normalized spacial score (nSPS) is 19.7. The molecule has 0 unspecified atom stereocenters. The Morgan fingerprint density at radius 1 is 1.31 bits per heavy atom. The first-order chi connectivity index (χ1) is 12.5. The van der Waals surface area contributed by atoms with E-state index in [0.717, 1.165) is 43.1 Å². The van der Waals surface area contributed by atoms with E-state index in [1.54, 1.807) is 12.2 Å². The van der Waals surface area contributed by atoms with E-state index < -0.39 is 11.8 Å². The second-order valence-electron chi connectivity index (χ2n) is 6.16. The highest BCUT2D eigenvalue weighted by Crippen LogP contribution is 2.23. The summed E-state index contributed by atoms with van der Waals surface area (Å²) in [5.41, 5.74) is 3.00. The quantitative estimate of drug-likeness (QED) is 0.377. The molecule has 0 bridgehead atoms. The Bertz CT molecular complexity index is 797. The number of carbonyl (C=O) groups is 2. The molecule has 0 aliphatic carbocycles. The van der Waals surface area contributed by atoms with Gasteiger partial charge >= 0.3 is 0 Å². The van der Waals surface area contributed by atoms with Gasteiger partial charge in [-0.05, 0) is 48.5 Å². The number of benzene rings is 1. The minimum atomic E-state index is -0.475. The van der Waals surface area contributed by atoms with Gasteiger partial charge in [-0.25, -0.2) is 0 Å². The Hall–Kier alpha value is -2.51. The molecule has 2 heterocycles. The highest BCUT2D eigenvalue weighted by molar-refractivity contribution is 7.80. The number of rotatable bonds is 4. The van der Waals surface area contributed by atoms with Crippen LogP contribution in [0.5, 0.6) is 0 Å². The van der Waals surface area contributed by atoms with Crippen LogP contribution in [0.3, 0.4) is 0 Å². The number of aryl methyl sites for hydroxylation is 1. The Balaban J connectivity index is 1.88. The van der Waals surface area contributed by atoms with Crippen molar-refractivity contribution in [2.24, 2.45) is 0 Å². The lowest BCUT2D eigenvalue weighted by atomic mass is 10.0. The molecule has 1 aromatic carbocycles. The minimum Gasteiger partial charge on any atom is -0.378 e. The summed E-state index contributed by atoms with van der Waals surface area (Å²) in [5.74, 6) is -0.882. The number of hydrogen-bond donors (Lipinski definition) is 1. The van der Waals surface area contributed by atoms with Crippen molar-refractivity contribution in [2.45, 2.75) is 6.92 Å². The van der Waals surface area contributed by atoms with Gasteiger partial charge in [0.25, 0.3) is 11.8 Å². The van der Waals surface area contributed by atoms with Crippen molar-refractivity contribution in [1.82, 2.24) is 10.2 Å². The van der Waals surface area contributed by atoms with Crippen molar-refractivity contribution < 1.29 is 14.3 Å². The molecule has 3 rings (SSSR count). The van der Waals surface area contributed by atoms with Crippen LogP contribution in [-0.2, 0) is 14.3 Å². The van der Waals surface area contributed by atoms with Crippen LogP contribution in [0.15, 0.2) is 36.4 Å². The van der Waals surface area contributed by atoms with Crippen LogP contribution in [-0.4, -0.2) is 54.7 Å². The van der Waals surface area contributed by atoms with Crippen molar-refractivity contribution in [2.75, 3.05) is 37.7 Å². The summed E-state index contributed by atoms with van der Waals surface area (Å²) < 4.78 is 5.38. The van der Waals surface area contributed by atoms with E-state index in [9.17, 15) is 9.59 Å². The van der Waals surface area contributed by atoms with Crippen LogP contribution in [0.1, 0.15) is 11.1 Å². The Morgan fingerprint density at radius 3 is 2.69 bits per heavy atom. The molecule has 136 valence electrons. The topological polar surface area (TPSA) is 61.9 Å².